The van der Waals surface area contributed by atoms with Gasteiger partial charge in [0.1, 0.15) is 0 Å². The quantitative estimate of drug-likeness (QED) is 0.500. The van der Waals surface area contributed by atoms with Crippen molar-refractivity contribution >= 4 is 5.69 Å². The number of para-hydroxylation sites is 1. The van der Waals surface area contributed by atoms with Crippen LogP contribution in [0, 0.1) is 10.1 Å². The molecule has 0 aliphatic carbocycles. The molecule has 2 rings (SSSR count). The lowest BCUT2D eigenvalue weighted by Crippen LogP contribution is -1.98. The molecular formula is C14H13NO4. The van der Waals surface area contributed by atoms with Crippen molar-refractivity contribution in [1.29, 1.82) is 0 Å². The normalized spacial score (nSPS) is 10.7. The summed E-state index contributed by atoms with van der Waals surface area (Å²) in [5.41, 5.74) is 1.99. The Balaban J connectivity index is 2.24. The Morgan fingerprint density at radius 1 is 1.05 bits per heavy atom. The molecule has 19 heavy (non-hydrogen) atoms. The van der Waals surface area contributed by atoms with Gasteiger partial charge in [-0.05, 0) is 5.56 Å². The molecule has 2 aromatic carbocycles. The Morgan fingerprint density at radius 2 is 1.68 bits per heavy atom. The molecule has 2 N–H and O–H groups in total. The van der Waals surface area contributed by atoms with E-state index in [9.17, 15) is 10.1 Å². The summed E-state index contributed by atoms with van der Waals surface area (Å²) in [7, 11) is 0. The summed E-state index contributed by atoms with van der Waals surface area (Å²) in [6.07, 6.45) is -1.07. The molecule has 5 heteroatoms. The maximum atomic E-state index is 10.9. The lowest BCUT2D eigenvalue weighted by molar-refractivity contribution is -0.385. The third-order valence-electron chi connectivity index (χ3n) is 2.86. The van der Waals surface area contributed by atoms with Crippen molar-refractivity contribution < 1.29 is 15.1 Å². The van der Waals surface area contributed by atoms with Gasteiger partial charge >= 0.3 is 0 Å². The van der Waals surface area contributed by atoms with Gasteiger partial charge in [0, 0.05) is 23.6 Å². The van der Waals surface area contributed by atoms with Crippen LogP contribution in [0.25, 0.3) is 0 Å². The molecule has 0 amide bonds. The Labute approximate surface area is 109 Å². The van der Waals surface area contributed by atoms with Gasteiger partial charge in [-0.25, -0.2) is 0 Å². The van der Waals surface area contributed by atoms with Crippen LogP contribution in [0.5, 0.6) is 0 Å². The first kappa shape index (κ1) is 13.2. The molecule has 0 spiro atoms. The summed E-state index contributed by atoms with van der Waals surface area (Å²) in [5, 5.41) is 28.9. The van der Waals surface area contributed by atoms with Crippen molar-refractivity contribution in [2.24, 2.45) is 0 Å². The van der Waals surface area contributed by atoms with Crippen molar-refractivity contribution in [2.45, 2.75) is 12.7 Å². The number of nitrogens with zero attached hydrogens (tertiary/aromatic N) is 1. The SMILES string of the molecule is O=[N+]([O-])c1ccccc1Cc1ccc(C(O)O)cc1. The zero-order valence-electron chi connectivity index (χ0n) is 10.1. The number of aliphatic hydroxyl groups is 2. The summed E-state index contributed by atoms with van der Waals surface area (Å²) in [5.74, 6) is 0. The maximum Gasteiger partial charge on any atom is 0.272 e. The van der Waals surface area contributed by atoms with Crippen molar-refractivity contribution in [2.75, 3.05) is 0 Å². The Kier molecular flexibility index (Phi) is 3.89. The summed E-state index contributed by atoms with van der Waals surface area (Å²) < 4.78 is 0. The van der Waals surface area contributed by atoms with Crippen LogP contribution in [0.15, 0.2) is 48.5 Å². The van der Waals surface area contributed by atoms with Crippen molar-refractivity contribution in [3.8, 4) is 0 Å². The van der Waals surface area contributed by atoms with Crippen LogP contribution in [0.2, 0.25) is 0 Å². The van der Waals surface area contributed by atoms with Crippen molar-refractivity contribution in [1.82, 2.24) is 0 Å². The van der Waals surface area contributed by atoms with Gasteiger partial charge in [0.05, 0.1) is 4.92 Å². The molecule has 0 aliphatic heterocycles. The first-order valence-electron chi connectivity index (χ1n) is 5.75. The number of benzene rings is 2. The summed E-state index contributed by atoms with van der Waals surface area (Å²) in [4.78, 5) is 10.5. The molecule has 0 atom stereocenters. The number of aliphatic hydroxyl groups excluding tert-OH is 1. The fraction of sp³-hybridized carbons (Fsp3) is 0.143. The highest BCUT2D eigenvalue weighted by atomic mass is 16.6. The molecule has 0 bridgehead atoms. The number of rotatable bonds is 4. The van der Waals surface area contributed by atoms with Crippen LogP contribution in [0.3, 0.4) is 0 Å². The first-order valence-corrected chi connectivity index (χ1v) is 5.75. The highest BCUT2D eigenvalue weighted by molar-refractivity contribution is 5.43. The highest BCUT2D eigenvalue weighted by Gasteiger charge is 2.12. The third kappa shape index (κ3) is 3.15. The minimum Gasteiger partial charge on any atom is -0.364 e. The molecule has 0 fully saturated rings. The monoisotopic (exact) mass is 259 g/mol. The zero-order valence-corrected chi connectivity index (χ0v) is 10.1. The van der Waals surface area contributed by atoms with Gasteiger partial charge in [-0.2, -0.15) is 0 Å². The van der Waals surface area contributed by atoms with E-state index in [1.165, 1.54) is 6.07 Å². The standard InChI is InChI=1S/C14H13NO4/c16-14(17)11-7-5-10(6-8-11)9-12-3-1-2-4-13(12)15(18)19/h1-8,14,16-17H,9H2. The Hall–Kier alpha value is -2.24. The smallest absolute Gasteiger partial charge is 0.272 e. The van der Waals surface area contributed by atoms with Crippen LogP contribution in [-0.2, 0) is 6.42 Å². The topological polar surface area (TPSA) is 83.6 Å². The average molecular weight is 259 g/mol. The number of nitro groups is 1. The molecule has 98 valence electrons. The molecule has 0 unspecified atom stereocenters. The van der Waals surface area contributed by atoms with E-state index in [4.69, 9.17) is 10.2 Å². The van der Waals surface area contributed by atoms with Crippen LogP contribution in [0.4, 0.5) is 5.69 Å². The summed E-state index contributed by atoms with van der Waals surface area (Å²) in [6.45, 7) is 0. The minimum absolute atomic E-state index is 0.0915. The van der Waals surface area contributed by atoms with Gasteiger partial charge in [-0.15, -0.1) is 0 Å². The molecule has 0 saturated heterocycles. The Morgan fingerprint density at radius 3 is 2.26 bits per heavy atom. The second-order valence-corrected chi connectivity index (χ2v) is 4.18. The van der Waals surface area contributed by atoms with Crippen molar-refractivity contribution in [3.05, 3.63) is 75.3 Å². The molecule has 2 aromatic rings. The molecule has 5 nitrogen and oxygen atoms in total. The van der Waals surface area contributed by atoms with Crippen LogP contribution in [0.1, 0.15) is 23.0 Å². The van der Waals surface area contributed by atoms with E-state index in [1.54, 1.807) is 42.5 Å². The fourth-order valence-corrected chi connectivity index (χ4v) is 1.87. The van der Waals surface area contributed by atoms with Gasteiger partial charge in [-0.3, -0.25) is 10.1 Å². The highest BCUT2D eigenvalue weighted by Crippen LogP contribution is 2.21. The molecule has 0 aromatic heterocycles. The van der Waals surface area contributed by atoms with Crippen molar-refractivity contribution in [3.63, 3.8) is 0 Å². The lowest BCUT2D eigenvalue weighted by atomic mass is 10.0. The summed E-state index contributed by atoms with van der Waals surface area (Å²) in [6, 6.07) is 13.2. The Bertz CT molecular complexity index is 578. The maximum absolute atomic E-state index is 10.9. The van der Waals surface area contributed by atoms with Gasteiger partial charge in [0.2, 0.25) is 0 Å². The number of hydrogen-bond donors (Lipinski definition) is 2. The van der Waals surface area contributed by atoms with Gasteiger partial charge in [0.25, 0.3) is 5.69 Å². The minimum atomic E-state index is -1.50. The molecule has 0 radical (unpaired) electrons. The van der Waals surface area contributed by atoms with Crippen LogP contribution < -0.4 is 0 Å². The van der Waals surface area contributed by atoms with E-state index < -0.39 is 11.2 Å². The van der Waals surface area contributed by atoms with E-state index in [2.05, 4.69) is 0 Å². The molecular weight excluding hydrogens is 246 g/mol. The van der Waals surface area contributed by atoms with Crippen LogP contribution in [-0.4, -0.2) is 15.1 Å². The zero-order chi connectivity index (χ0) is 13.8. The predicted molar refractivity (Wildman–Crippen MR) is 69.5 cm³/mol. The molecule has 0 saturated carbocycles. The first-order chi connectivity index (χ1) is 9.08. The van der Waals surface area contributed by atoms with Gasteiger partial charge in [0.15, 0.2) is 6.29 Å². The third-order valence-corrected chi connectivity index (χ3v) is 2.86. The van der Waals surface area contributed by atoms with E-state index in [0.29, 0.717) is 17.5 Å². The molecule has 0 aliphatic rings. The van der Waals surface area contributed by atoms with Gasteiger partial charge in [-0.1, -0.05) is 42.5 Å². The summed E-state index contributed by atoms with van der Waals surface area (Å²) >= 11 is 0. The predicted octanol–water partition coefficient (Wildman–Crippen LogP) is 2.17. The van der Waals surface area contributed by atoms with E-state index >= 15 is 0 Å². The lowest BCUT2D eigenvalue weighted by Gasteiger charge is -2.06. The fourth-order valence-electron chi connectivity index (χ4n) is 1.87. The number of hydrogen-bond acceptors (Lipinski definition) is 4. The number of nitro benzene ring substituents is 1. The van der Waals surface area contributed by atoms with E-state index in [-0.39, 0.29) is 5.69 Å². The second kappa shape index (κ2) is 5.60. The average Bonchev–Trinajstić information content (AvgIpc) is 2.39. The second-order valence-electron chi connectivity index (χ2n) is 4.18. The molecule has 0 heterocycles. The van der Waals surface area contributed by atoms with E-state index in [1.807, 2.05) is 0 Å². The van der Waals surface area contributed by atoms with Gasteiger partial charge < -0.3 is 10.2 Å². The largest absolute Gasteiger partial charge is 0.364 e. The van der Waals surface area contributed by atoms with E-state index in [0.717, 1.165) is 5.56 Å². The van der Waals surface area contributed by atoms with Crippen LogP contribution >= 0.6 is 0 Å².